The van der Waals surface area contributed by atoms with Crippen molar-refractivity contribution in [1.29, 1.82) is 0 Å². The number of fused-ring (bicyclic) bond motifs is 1. The van der Waals surface area contributed by atoms with Crippen molar-refractivity contribution in [3.8, 4) is 0 Å². The Balaban J connectivity index is 2.81. The Kier molecular flexibility index (Phi) is 2.67. The van der Waals surface area contributed by atoms with Gasteiger partial charge in [0.05, 0.1) is 0 Å². The summed E-state index contributed by atoms with van der Waals surface area (Å²) in [4.78, 5) is 21.5. The third kappa shape index (κ3) is 1.80. The molecule has 0 atom stereocenters. The van der Waals surface area contributed by atoms with Crippen LogP contribution in [0.25, 0.3) is 11.2 Å². The average Bonchev–Trinajstić information content (AvgIpc) is 2.54. The van der Waals surface area contributed by atoms with E-state index in [1.54, 1.807) is 0 Å². The molecular formula is C10H14N4OS. The van der Waals surface area contributed by atoms with Crippen LogP contribution in [0.3, 0.4) is 0 Å². The Morgan fingerprint density at radius 1 is 1.44 bits per heavy atom. The topological polar surface area (TPSA) is 66.5 Å². The number of aromatic nitrogens is 4. The number of rotatable bonds is 2. The Labute approximate surface area is 97.5 Å². The first-order valence-corrected chi connectivity index (χ1v) is 5.59. The number of aryl methyl sites for hydroxylation is 1. The lowest BCUT2D eigenvalue weighted by atomic mass is 10.2. The lowest BCUT2D eigenvalue weighted by Crippen LogP contribution is -2.16. The van der Waals surface area contributed by atoms with Crippen LogP contribution in [0.2, 0.25) is 0 Å². The van der Waals surface area contributed by atoms with Crippen LogP contribution in [0.15, 0.2) is 4.79 Å². The van der Waals surface area contributed by atoms with E-state index in [0.29, 0.717) is 21.9 Å². The van der Waals surface area contributed by atoms with E-state index >= 15 is 0 Å². The van der Waals surface area contributed by atoms with Crippen LogP contribution < -0.4 is 5.56 Å². The third-order valence-corrected chi connectivity index (χ3v) is 2.62. The summed E-state index contributed by atoms with van der Waals surface area (Å²) in [7, 11) is 0. The van der Waals surface area contributed by atoms with Gasteiger partial charge < -0.3 is 9.55 Å². The van der Waals surface area contributed by atoms with Crippen molar-refractivity contribution < 1.29 is 0 Å². The van der Waals surface area contributed by atoms with Crippen molar-refractivity contribution in [1.82, 2.24) is 19.5 Å². The maximum atomic E-state index is 11.6. The predicted octanol–water partition coefficient (Wildman–Crippen LogP) is 1.75. The molecule has 0 bridgehead atoms. The lowest BCUT2D eigenvalue weighted by molar-refractivity contribution is 0.520. The summed E-state index contributed by atoms with van der Waals surface area (Å²) in [5.41, 5.74) is 0.923. The van der Waals surface area contributed by atoms with Gasteiger partial charge in [-0.1, -0.05) is 13.8 Å². The molecule has 2 N–H and O–H groups in total. The van der Waals surface area contributed by atoms with E-state index in [9.17, 15) is 4.79 Å². The Morgan fingerprint density at radius 3 is 2.75 bits per heavy atom. The highest BCUT2D eigenvalue weighted by molar-refractivity contribution is 7.71. The van der Waals surface area contributed by atoms with Gasteiger partial charge in [-0.05, 0) is 25.1 Å². The first-order chi connectivity index (χ1) is 7.49. The van der Waals surface area contributed by atoms with E-state index < -0.39 is 0 Å². The highest BCUT2D eigenvalue weighted by atomic mass is 32.1. The molecule has 5 nitrogen and oxygen atoms in total. The number of nitrogens with one attached hydrogen (secondary N) is 2. The zero-order valence-corrected chi connectivity index (χ0v) is 10.3. The molecule has 0 fully saturated rings. The zero-order valence-electron chi connectivity index (χ0n) is 9.50. The number of H-pyrrole nitrogens is 2. The molecule has 0 aliphatic heterocycles. The van der Waals surface area contributed by atoms with E-state index in [1.165, 1.54) is 0 Å². The van der Waals surface area contributed by atoms with E-state index in [1.807, 2.05) is 11.5 Å². The van der Waals surface area contributed by atoms with E-state index in [4.69, 9.17) is 12.2 Å². The molecule has 86 valence electrons. The quantitative estimate of drug-likeness (QED) is 0.783. The van der Waals surface area contributed by atoms with E-state index in [2.05, 4.69) is 28.8 Å². The summed E-state index contributed by atoms with van der Waals surface area (Å²) in [6.45, 7) is 6.76. The Morgan fingerprint density at radius 2 is 2.12 bits per heavy atom. The molecule has 6 heteroatoms. The maximum Gasteiger partial charge on any atom is 0.277 e. The molecule has 0 saturated carbocycles. The molecule has 0 unspecified atom stereocenters. The number of hydrogen-bond acceptors (Lipinski definition) is 3. The van der Waals surface area contributed by atoms with Gasteiger partial charge in [-0.3, -0.25) is 9.78 Å². The molecule has 0 aliphatic carbocycles. The molecule has 0 spiro atoms. The number of imidazole rings is 1. The zero-order chi connectivity index (χ0) is 11.9. The minimum absolute atomic E-state index is 0.208. The number of hydrogen-bond donors (Lipinski definition) is 2. The highest BCUT2D eigenvalue weighted by Gasteiger charge is 2.10. The van der Waals surface area contributed by atoms with Crippen LogP contribution in [-0.4, -0.2) is 19.5 Å². The minimum atomic E-state index is -0.208. The molecule has 2 rings (SSSR count). The van der Waals surface area contributed by atoms with Gasteiger partial charge in [0.2, 0.25) is 0 Å². The first-order valence-electron chi connectivity index (χ1n) is 5.18. The molecule has 0 aromatic carbocycles. The van der Waals surface area contributed by atoms with Crippen LogP contribution in [-0.2, 0) is 6.54 Å². The van der Waals surface area contributed by atoms with Gasteiger partial charge >= 0.3 is 0 Å². The second-order valence-electron chi connectivity index (χ2n) is 4.28. The maximum absolute atomic E-state index is 11.6. The molecular weight excluding hydrogens is 224 g/mol. The summed E-state index contributed by atoms with van der Waals surface area (Å²) in [6, 6.07) is 0. The van der Waals surface area contributed by atoms with Gasteiger partial charge in [-0.25, -0.2) is 4.98 Å². The minimum Gasteiger partial charge on any atom is -0.336 e. The Bertz CT molecular complexity index is 634. The van der Waals surface area contributed by atoms with Crippen molar-refractivity contribution in [2.24, 2.45) is 5.92 Å². The Hall–Kier alpha value is -1.43. The van der Waals surface area contributed by atoms with Gasteiger partial charge in [0.1, 0.15) is 11.3 Å². The first kappa shape index (κ1) is 11.1. The predicted molar refractivity (Wildman–Crippen MR) is 65.1 cm³/mol. The third-order valence-electron chi connectivity index (χ3n) is 2.30. The van der Waals surface area contributed by atoms with Gasteiger partial charge in [-0.15, -0.1) is 0 Å². The fourth-order valence-corrected chi connectivity index (χ4v) is 1.94. The van der Waals surface area contributed by atoms with Crippen molar-refractivity contribution in [2.45, 2.75) is 27.3 Å². The molecule has 0 aliphatic rings. The summed E-state index contributed by atoms with van der Waals surface area (Å²) >= 11 is 5.15. The standard InChI is InChI=1S/C10H14N4OS/c1-5(2)4-14-8-7(11-6(3)12-8)9(15)13-10(14)16/h5H,4H2,1-3H3,(H,11,12)(H,13,15,16). The van der Waals surface area contributed by atoms with Gasteiger partial charge in [0.15, 0.2) is 10.4 Å². The fourth-order valence-electron chi connectivity index (χ4n) is 1.69. The molecule has 0 saturated heterocycles. The van der Waals surface area contributed by atoms with Crippen molar-refractivity contribution >= 4 is 23.4 Å². The molecule has 0 radical (unpaired) electrons. The van der Waals surface area contributed by atoms with Crippen molar-refractivity contribution in [3.63, 3.8) is 0 Å². The van der Waals surface area contributed by atoms with Crippen molar-refractivity contribution in [3.05, 3.63) is 20.9 Å². The second-order valence-corrected chi connectivity index (χ2v) is 4.67. The van der Waals surface area contributed by atoms with Crippen LogP contribution >= 0.6 is 12.2 Å². The largest absolute Gasteiger partial charge is 0.336 e. The summed E-state index contributed by atoms with van der Waals surface area (Å²) in [5, 5.41) is 0. The monoisotopic (exact) mass is 238 g/mol. The second kappa shape index (κ2) is 3.86. The average molecular weight is 238 g/mol. The molecule has 2 aromatic heterocycles. The molecule has 2 heterocycles. The van der Waals surface area contributed by atoms with Crippen LogP contribution in [0.5, 0.6) is 0 Å². The molecule has 0 amide bonds. The lowest BCUT2D eigenvalue weighted by Gasteiger charge is -2.09. The number of nitrogens with zero attached hydrogens (tertiary/aromatic N) is 2. The van der Waals surface area contributed by atoms with Crippen LogP contribution in [0.1, 0.15) is 19.7 Å². The van der Waals surface area contributed by atoms with Crippen molar-refractivity contribution in [2.75, 3.05) is 0 Å². The smallest absolute Gasteiger partial charge is 0.277 e. The molecule has 16 heavy (non-hydrogen) atoms. The van der Waals surface area contributed by atoms with Crippen LogP contribution in [0.4, 0.5) is 0 Å². The van der Waals surface area contributed by atoms with Gasteiger partial charge in [0, 0.05) is 6.54 Å². The van der Waals surface area contributed by atoms with E-state index in [-0.39, 0.29) is 5.56 Å². The normalized spacial score (nSPS) is 11.5. The fraction of sp³-hybridized carbons (Fsp3) is 0.500. The highest BCUT2D eigenvalue weighted by Crippen LogP contribution is 2.09. The van der Waals surface area contributed by atoms with Gasteiger partial charge in [-0.2, -0.15) is 0 Å². The number of aromatic amines is 2. The van der Waals surface area contributed by atoms with Gasteiger partial charge in [0.25, 0.3) is 5.56 Å². The SMILES string of the molecule is Cc1nc2c([nH]1)c(=O)[nH]c(=S)n2CC(C)C. The summed E-state index contributed by atoms with van der Waals surface area (Å²) in [6.07, 6.45) is 0. The molecule has 2 aromatic rings. The van der Waals surface area contributed by atoms with Crippen LogP contribution in [0, 0.1) is 17.6 Å². The van der Waals surface area contributed by atoms with E-state index in [0.717, 1.165) is 12.4 Å². The summed E-state index contributed by atoms with van der Waals surface area (Å²) < 4.78 is 2.29. The summed E-state index contributed by atoms with van der Waals surface area (Å²) in [5.74, 6) is 1.16.